The van der Waals surface area contributed by atoms with Gasteiger partial charge in [0.25, 0.3) is 0 Å². The maximum atomic E-state index is 8.73. The number of rotatable bonds is 1. The van der Waals surface area contributed by atoms with Crippen molar-refractivity contribution in [3.05, 3.63) is 42.2 Å². The van der Waals surface area contributed by atoms with Crippen molar-refractivity contribution in [1.29, 1.82) is 0 Å². The van der Waals surface area contributed by atoms with Gasteiger partial charge in [0, 0.05) is 23.3 Å². The molecule has 0 amide bonds. The largest absolute Gasteiger partial charge is 0.290 e. The second kappa shape index (κ2) is 3.69. The van der Waals surface area contributed by atoms with Crippen molar-refractivity contribution in [3.63, 3.8) is 0 Å². The van der Waals surface area contributed by atoms with E-state index in [2.05, 4.69) is 4.98 Å². The first kappa shape index (κ1) is 9.05. The molecule has 0 aliphatic carbocycles. The molecule has 0 bridgehead atoms. The standard InChI is InChI=1S/C10H8N2OS/c13-12-10(14)9-6-11-5-7-3-1-2-4-8(7)9/h1-6,13H,(H,12,14). The Hall–Kier alpha value is -1.52. The Morgan fingerprint density at radius 1 is 1.29 bits per heavy atom. The van der Waals surface area contributed by atoms with E-state index in [9.17, 15) is 0 Å². The van der Waals surface area contributed by atoms with Gasteiger partial charge in [-0.1, -0.05) is 36.5 Å². The van der Waals surface area contributed by atoms with E-state index in [1.807, 2.05) is 29.7 Å². The lowest BCUT2D eigenvalue weighted by molar-refractivity contribution is 0.238. The third-order valence-electron chi connectivity index (χ3n) is 2.01. The number of benzene rings is 1. The number of hydroxylamine groups is 1. The summed E-state index contributed by atoms with van der Waals surface area (Å²) in [6.45, 7) is 0. The number of hydrogen-bond donors (Lipinski definition) is 2. The van der Waals surface area contributed by atoms with Crippen molar-refractivity contribution in [1.82, 2.24) is 10.5 Å². The minimum Gasteiger partial charge on any atom is -0.290 e. The molecule has 1 aromatic heterocycles. The summed E-state index contributed by atoms with van der Waals surface area (Å²) >= 11 is 4.95. The normalized spacial score (nSPS) is 10.1. The average molecular weight is 204 g/mol. The number of nitrogens with zero attached hydrogens (tertiary/aromatic N) is 1. The first-order chi connectivity index (χ1) is 6.83. The third kappa shape index (κ3) is 1.45. The summed E-state index contributed by atoms with van der Waals surface area (Å²) in [4.78, 5) is 4.33. The molecule has 2 rings (SSSR count). The van der Waals surface area contributed by atoms with E-state index >= 15 is 0 Å². The Balaban J connectivity index is 2.71. The summed E-state index contributed by atoms with van der Waals surface area (Å²) in [5.41, 5.74) is 2.70. The maximum Gasteiger partial charge on any atom is 0.132 e. The number of fused-ring (bicyclic) bond motifs is 1. The molecule has 3 nitrogen and oxygen atoms in total. The van der Waals surface area contributed by atoms with E-state index in [1.165, 1.54) is 0 Å². The van der Waals surface area contributed by atoms with Gasteiger partial charge in [-0.05, 0) is 5.39 Å². The molecule has 0 atom stereocenters. The Morgan fingerprint density at radius 3 is 2.86 bits per heavy atom. The molecule has 2 N–H and O–H groups in total. The molecular weight excluding hydrogens is 196 g/mol. The van der Waals surface area contributed by atoms with Crippen LogP contribution in [0.15, 0.2) is 36.7 Å². The molecule has 0 spiro atoms. The van der Waals surface area contributed by atoms with E-state index in [4.69, 9.17) is 17.4 Å². The van der Waals surface area contributed by atoms with Gasteiger partial charge in [-0.25, -0.2) is 0 Å². The van der Waals surface area contributed by atoms with Gasteiger partial charge >= 0.3 is 0 Å². The van der Waals surface area contributed by atoms with Crippen LogP contribution in [0.5, 0.6) is 0 Å². The monoisotopic (exact) mass is 204 g/mol. The number of thiocarbonyl (C=S) groups is 1. The molecule has 0 fully saturated rings. The van der Waals surface area contributed by atoms with Gasteiger partial charge in [-0.2, -0.15) is 0 Å². The van der Waals surface area contributed by atoms with Crippen molar-refractivity contribution < 1.29 is 5.21 Å². The molecule has 0 aliphatic rings. The summed E-state index contributed by atoms with van der Waals surface area (Å²) in [6, 6.07) is 7.75. The van der Waals surface area contributed by atoms with Crippen LogP contribution in [-0.4, -0.2) is 15.2 Å². The zero-order valence-corrected chi connectivity index (χ0v) is 8.08. The fourth-order valence-corrected chi connectivity index (χ4v) is 1.52. The molecule has 0 unspecified atom stereocenters. The summed E-state index contributed by atoms with van der Waals surface area (Å²) in [5.74, 6) is 0. The summed E-state index contributed by atoms with van der Waals surface area (Å²) < 4.78 is 0. The first-order valence-electron chi connectivity index (χ1n) is 4.10. The van der Waals surface area contributed by atoms with Gasteiger partial charge in [0.2, 0.25) is 0 Å². The smallest absolute Gasteiger partial charge is 0.132 e. The van der Waals surface area contributed by atoms with E-state index in [1.54, 1.807) is 12.4 Å². The molecule has 0 radical (unpaired) electrons. The minimum absolute atomic E-state index is 0.286. The van der Waals surface area contributed by atoms with Crippen LogP contribution in [0.2, 0.25) is 0 Å². The number of pyridine rings is 1. The second-order valence-electron chi connectivity index (χ2n) is 2.85. The van der Waals surface area contributed by atoms with Crippen LogP contribution in [0.25, 0.3) is 10.8 Å². The predicted molar refractivity (Wildman–Crippen MR) is 58.4 cm³/mol. The average Bonchev–Trinajstić information content (AvgIpc) is 2.27. The molecule has 0 saturated carbocycles. The second-order valence-corrected chi connectivity index (χ2v) is 3.26. The molecule has 1 aromatic carbocycles. The Labute approximate surface area is 86.4 Å². The number of aromatic nitrogens is 1. The van der Waals surface area contributed by atoms with Crippen LogP contribution in [0.3, 0.4) is 0 Å². The molecule has 14 heavy (non-hydrogen) atoms. The zero-order chi connectivity index (χ0) is 9.97. The fraction of sp³-hybridized carbons (Fsp3) is 0. The molecule has 70 valence electrons. The van der Waals surface area contributed by atoms with Crippen molar-refractivity contribution in [2.75, 3.05) is 0 Å². The van der Waals surface area contributed by atoms with Gasteiger partial charge < -0.3 is 0 Å². The van der Waals surface area contributed by atoms with Crippen molar-refractivity contribution in [2.45, 2.75) is 0 Å². The Bertz CT molecular complexity index is 479. The molecule has 4 heteroatoms. The maximum absolute atomic E-state index is 8.73. The van der Waals surface area contributed by atoms with Gasteiger partial charge in [0.15, 0.2) is 0 Å². The lowest BCUT2D eigenvalue weighted by Gasteiger charge is -2.05. The Kier molecular flexibility index (Phi) is 2.39. The number of hydrogen-bond acceptors (Lipinski definition) is 3. The quantitative estimate of drug-likeness (QED) is 0.550. The zero-order valence-electron chi connectivity index (χ0n) is 7.27. The third-order valence-corrected chi connectivity index (χ3v) is 2.33. The van der Waals surface area contributed by atoms with Gasteiger partial charge in [-0.15, -0.1) is 0 Å². The highest BCUT2D eigenvalue weighted by atomic mass is 32.1. The summed E-state index contributed by atoms with van der Waals surface area (Å²) in [5, 5.41) is 10.7. The van der Waals surface area contributed by atoms with Crippen LogP contribution in [0, 0.1) is 0 Å². The van der Waals surface area contributed by atoms with Gasteiger partial charge in [0.05, 0.1) is 0 Å². The molecular formula is C10H8N2OS. The predicted octanol–water partition coefficient (Wildman–Crippen LogP) is 1.89. The van der Waals surface area contributed by atoms with Crippen molar-refractivity contribution >= 4 is 28.0 Å². The van der Waals surface area contributed by atoms with Crippen LogP contribution in [-0.2, 0) is 0 Å². The highest BCUT2D eigenvalue weighted by Crippen LogP contribution is 2.16. The van der Waals surface area contributed by atoms with Crippen LogP contribution < -0.4 is 5.48 Å². The van der Waals surface area contributed by atoms with E-state index in [-0.39, 0.29) is 4.99 Å². The summed E-state index contributed by atoms with van der Waals surface area (Å²) in [7, 11) is 0. The lowest BCUT2D eigenvalue weighted by atomic mass is 10.1. The highest BCUT2D eigenvalue weighted by Gasteiger charge is 2.04. The summed E-state index contributed by atoms with van der Waals surface area (Å²) in [6.07, 6.45) is 3.40. The minimum atomic E-state index is 0.286. The first-order valence-corrected chi connectivity index (χ1v) is 4.51. The van der Waals surface area contributed by atoms with Gasteiger partial charge in [0.1, 0.15) is 4.99 Å². The van der Waals surface area contributed by atoms with Crippen molar-refractivity contribution in [2.24, 2.45) is 0 Å². The van der Waals surface area contributed by atoms with E-state index in [0.29, 0.717) is 0 Å². The highest BCUT2D eigenvalue weighted by molar-refractivity contribution is 7.80. The molecule has 0 aliphatic heterocycles. The fourth-order valence-electron chi connectivity index (χ4n) is 1.36. The lowest BCUT2D eigenvalue weighted by Crippen LogP contribution is -2.17. The molecule has 0 saturated heterocycles. The van der Waals surface area contributed by atoms with E-state index in [0.717, 1.165) is 16.3 Å². The van der Waals surface area contributed by atoms with Crippen LogP contribution >= 0.6 is 12.2 Å². The van der Waals surface area contributed by atoms with E-state index < -0.39 is 0 Å². The van der Waals surface area contributed by atoms with Crippen LogP contribution in [0.1, 0.15) is 5.56 Å². The van der Waals surface area contributed by atoms with Gasteiger partial charge in [-0.3, -0.25) is 15.7 Å². The Morgan fingerprint density at radius 2 is 2.07 bits per heavy atom. The topological polar surface area (TPSA) is 45.1 Å². The molecule has 1 heterocycles. The SMILES string of the molecule is ONC(=S)c1cncc2ccccc12. The molecule has 2 aromatic rings. The van der Waals surface area contributed by atoms with Crippen LogP contribution in [0.4, 0.5) is 0 Å². The van der Waals surface area contributed by atoms with Crippen molar-refractivity contribution in [3.8, 4) is 0 Å². The number of nitrogens with one attached hydrogen (secondary N) is 1.